The van der Waals surface area contributed by atoms with Crippen molar-refractivity contribution >= 4 is 11.6 Å². The summed E-state index contributed by atoms with van der Waals surface area (Å²) in [6.07, 6.45) is 0. The number of benzene rings is 1. The van der Waals surface area contributed by atoms with Gasteiger partial charge in [0, 0.05) is 6.07 Å². The Labute approximate surface area is 99.5 Å². The van der Waals surface area contributed by atoms with Crippen molar-refractivity contribution in [2.75, 3.05) is 13.2 Å². The van der Waals surface area contributed by atoms with E-state index in [1.54, 1.807) is 6.07 Å². The topological polar surface area (TPSA) is 42.2 Å². The number of hydrogen-bond donors (Lipinski definition) is 0. The number of nitrogens with zero attached hydrogens (tertiary/aromatic N) is 1. The molecule has 0 bridgehead atoms. The lowest BCUT2D eigenvalue weighted by atomic mass is 9.97. The largest absolute Gasteiger partial charge is 0.486 e. The van der Waals surface area contributed by atoms with E-state index in [4.69, 9.17) is 26.3 Å². The molecule has 84 valence electrons. The van der Waals surface area contributed by atoms with Gasteiger partial charge in [0.25, 0.3) is 0 Å². The standard InChI is InChI=1S/C12H12ClNO2/c1-7(2)10-8(6-14)5-9-12(11(10)13)16-4-3-15-9/h5,7H,3-4H2,1-2H3. The summed E-state index contributed by atoms with van der Waals surface area (Å²) >= 11 is 6.25. The number of hydrogen-bond acceptors (Lipinski definition) is 3. The molecule has 0 saturated heterocycles. The zero-order valence-electron chi connectivity index (χ0n) is 9.21. The molecule has 3 nitrogen and oxygen atoms in total. The first-order valence-electron chi connectivity index (χ1n) is 5.17. The molecule has 0 atom stereocenters. The van der Waals surface area contributed by atoms with E-state index >= 15 is 0 Å². The molecule has 0 aromatic heterocycles. The Kier molecular flexibility index (Phi) is 2.93. The van der Waals surface area contributed by atoms with Crippen LogP contribution in [0.3, 0.4) is 0 Å². The van der Waals surface area contributed by atoms with Gasteiger partial charge in [-0.25, -0.2) is 0 Å². The minimum Gasteiger partial charge on any atom is -0.486 e. The van der Waals surface area contributed by atoms with Gasteiger partial charge < -0.3 is 9.47 Å². The summed E-state index contributed by atoms with van der Waals surface area (Å²) in [4.78, 5) is 0. The quantitative estimate of drug-likeness (QED) is 0.754. The fraction of sp³-hybridized carbons (Fsp3) is 0.417. The third-order valence-corrected chi connectivity index (χ3v) is 2.89. The number of fused-ring (bicyclic) bond motifs is 1. The number of nitriles is 1. The Hall–Kier alpha value is -1.40. The van der Waals surface area contributed by atoms with Gasteiger partial charge in [-0.3, -0.25) is 0 Å². The van der Waals surface area contributed by atoms with Gasteiger partial charge in [-0.15, -0.1) is 0 Å². The summed E-state index contributed by atoms with van der Waals surface area (Å²) in [6.45, 7) is 4.99. The monoisotopic (exact) mass is 237 g/mol. The zero-order chi connectivity index (χ0) is 11.7. The van der Waals surface area contributed by atoms with Crippen molar-refractivity contribution in [1.29, 1.82) is 5.26 Å². The highest BCUT2D eigenvalue weighted by Crippen LogP contribution is 2.43. The van der Waals surface area contributed by atoms with Gasteiger partial charge in [0.1, 0.15) is 13.2 Å². The van der Waals surface area contributed by atoms with Gasteiger partial charge in [-0.1, -0.05) is 25.4 Å². The van der Waals surface area contributed by atoms with Crippen molar-refractivity contribution in [3.05, 3.63) is 22.2 Å². The van der Waals surface area contributed by atoms with Crippen LogP contribution in [0.1, 0.15) is 30.9 Å². The molecule has 4 heteroatoms. The molecule has 1 heterocycles. The predicted octanol–water partition coefficient (Wildman–Crippen LogP) is 3.11. The maximum atomic E-state index is 9.09. The lowest BCUT2D eigenvalue weighted by Crippen LogP contribution is -2.16. The normalized spacial score (nSPS) is 13.7. The van der Waals surface area contributed by atoms with Crippen LogP contribution < -0.4 is 9.47 Å². The fourth-order valence-electron chi connectivity index (χ4n) is 1.82. The van der Waals surface area contributed by atoms with Crippen LogP contribution in [0.4, 0.5) is 0 Å². The van der Waals surface area contributed by atoms with Crippen LogP contribution in [0.25, 0.3) is 0 Å². The first-order chi connectivity index (χ1) is 7.65. The zero-order valence-corrected chi connectivity index (χ0v) is 9.97. The van der Waals surface area contributed by atoms with Crippen LogP contribution in [0.15, 0.2) is 6.07 Å². The lowest BCUT2D eigenvalue weighted by Gasteiger charge is -2.22. The smallest absolute Gasteiger partial charge is 0.180 e. The van der Waals surface area contributed by atoms with Gasteiger partial charge in [0.15, 0.2) is 11.5 Å². The van der Waals surface area contributed by atoms with E-state index in [9.17, 15) is 0 Å². The van der Waals surface area contributed by atoms with E-state index < -0.39 is 0 Å². The fourth-order valence-corrected chi connectivity index (χ4v) is 2.28. The third-order valence-electron chi connectivity index (χ3n) is 2.51. The molecular formula is C12H12ClNO2. The molecule has 1 aliphatic heterocycles. The molecule has 0 aliphatic carbocycles. The van der Waals surface area contributed by atoms with Crippen LogP contribution >= 0.6 is 11.6 Å². The maximum Gasteiger partial charge on any atom is 0.180 e. The number of ether oxygens (including phenoxy) is 2. The van der Waals surface area contributed by atoms with Crippen molar-refractivity contribution in [3.8, 4) is 17.6 Å². The second kappa shape index (κ2) is 4.23. The number of rotatable bonds is 1. The second-order valence-corrected chi connectivity index (χ2v) is 4.32. The molecule has 0 radical (unpaired) electrons. The van der Waals surface area contributed by atoms with Gasteiger partial charge >= 0.3 is 0 Å². The first kappa shape index (κ1) is 11.1. The van der Waals surface area contributed by atoms with E-state index in [-0.39, 0.29) is 5.92 Å². The minimum absolute atomic E-state index is 0.179. The Morgan fingerprint density at radius 3 is 2.69 bits per heavy atom. The summed E-state index contributed by atoms with van der Waals surface area (Å²) in [5.74, 6) is 1.31. The average Bonchev–Trinajstić information content (AvgIpc) is 2.28. The Bertz CT molecular complexity index is 463. The Balaban J connectivity index is 2.66. The summed E-state index contributed by atoms with van der Waals surface area (Å²) < 4.78 is 10.9. The molecule has 0 fully saturated rings. The van der Waals surface area contributed by atoms with Gasteiger partial charge in [0.2, 0.25) is 0 Å². The summed E-state index contributed by atoms with van der Waals surface area (Å²) in [7, 11) is 0. The van der Waals surface area contributed by atoms with Crippen molar-refractivity contribution in [1.82, 2.24) is 0 Å². The van der Waals surface area contributed by atoms with Gasteiger partial charge in [0.05, 0.1) is 16.7 Å². The second-order valence-electron chi connectivity index (χ2n) is 3.94. The van der Waals surface area contributed by atoms with Crippen LogP contribution in [-0.2, 0) is 0 Å². The summed E-state index contributed by atoms with van der Waals surface area (Å²) in [6, 6.07) is 3.85. The van der Waals surface area contributed by atoms with Crippen molar-refractivity contribution in [3.63, 3.8) is 0 Å². The van der Waals surface area contributed by atoms with Gasteiger partial charge in [-0.05, 0) is 11.5 Å². The molecule has 1 aromatic rings. The van der Waals surface area contributed by atoms with E-state index in [2.05, 4.69) is 6.07 Å². The minimum atomic E-state index is 0.179. The highest BCUT2D eigenvalue weighted by atomic mass is 35.5. The van der Waals surface area contributed by atoms with Crippen LogP contribution in [-0.4, -0.2) is 13.2 Å². The molecule has 16 heavy (non-hydrogen) atoms. The molecule has 0 amide bonds. The predicted molar refractivity (Wildman–Crippen MR) is 61.2 cm³/mol. The molecule has 1 aliphatic rings. The number of halogens is 1. The molecule has 0 unspecified atom stereocenters. The van der Waals surface area contributed by atoms with Crippen molar-refractivity contribution in [2.24, 2.45) is 0 Å². The molecule has 0 saturated carbocycles. The molecule has 0 N–H and O–H groups in total. The third kappa shape index (κ3) is 1.70. The highest BCUT2D eigenvalue weighted by molar-refractivity contribution is 6.33. The summed E-state index contributed by atoms with van der Waals surface area (Å²) in [5.41, 5.74) is 1.39. The lowest BCUT2D eigenvalue weighted by molar-refractivity contribution is 0.171. The van der Waals surface area contributed by atoms with Crippen molar-refractivity contribution in [2.45, 2.75) is 19.8 Å². The van der Waals surface area contributed by atoms with E-state index in [0.717, 1.165) is 5.56 Å². The van der Waals surface area contributed by atoms with E-state index in [0.29, 0.717) is 35.3 Å². The molecule has 1 aromatic carbocycles. The SMILES string of the molecule is CC(C)c1c(C#N)cc2c(c1Cl)OCCO2. The molecule has 2 rings (SSSR count). The highest BCUT2D eigenvalue weighted by Gasteiger charge is 2.23. The van der Waals surface area contributed by atoms with Crippen LogP contribution in [0.5, 0.6) is 11.5 Å². The van der Waals surface area contributed by atoms with E-state index in [1.807, 2.05) is 13.8 Å². The Morgan fingerprint density at radius 1 is 1.38 bits per heavy atom. The maximum absolute atomic E-state index is 9.09. The summed E-state index contributed by atoms with van der Waals surface area (Å²) in [5, 5.41) is 9.59. The Morgan fingerprint density at radius 2 is 2.06 bits per heavy atom. The van der Waals surface area contributed by atoms with Crippen LogP contribution in [0.2, 0.25) is 5.02 Å². The van der Waals surface area contributed by atoms with Gasteiger partial charge in [-0.2, -0.15) is 5.26 Å². The molecule has 0 spiro atoms. The molecular weight excluding hydrogens is 226 g/mol. The van der Waals surface area contributed by atoms with Crippen LogP contribution in [0, 0.1) is 11.3 Å². The average molecular weight is 238 g/mol. The first-order valence-corrected chi connectivity index (χ1v) is 5.55. The van der Waals surface area contributed by atoms with E-state index in [1.165, 1.54) is 0 Å². The van der Waals surface area contributed by atoms with Crippen molar-refractivity contribution < 1.29 is 9.47 Å².